The molecule has 8 heteroatoms. The summed E-state index contributed by atoms with van der Waals surface area (Å²) in [5, 5.41) is 65.0. The van der Waals surface area contributed by atoms with Crippen molar-refractivity contribution in [1.82, 2.24) is 0 Å². The second-order valence-electron chi connectivity index (χ2n) is 14.6. The number of hydrogen-bond acceptors (Lipinski definition) is 6. The predicted octanol–water partition coefficient (Wildman–Crippen LogP) is 3.21. The molecule has 0 saturated heterocycles. The zero-order valence-electron chi connectivity index (χ0n) is 23.4. The van der Waals surface area contributed by atoms with E-state index in [9.17, 15) is 40.2 Å². The Bertz CT molecular complexity index is 1070. The van der Waals surface area contributed by atoms with Gasteiger partial charge in [0, 0.05) is 5.92 Å². The number of hydrogen-bond donors (Lipinski definition) is 6. The lowest BCUT2D eigenvalue weighted by Gasteiger charge is -2.71. The fourth-order valence-corrected chi connectivity index (χ4v) is 11.0. The summed E-state index contributed by atoms with van der Waals surface area (Å²) in [5.41, 5.74) is -4.41. The van der Waals surface area contributed by atoms with Gasteiger partial charge in [0.15, 0.2) is 0 Å². The zero-order valence-corrected chi connectivity index (χ0v) is 23.4. The SMILES string of the molecule is CC1CCC2(C(=O)O)CCC3(C)C(=CCC4C5(C)CC(O)C(O)C(CO)(C(=O)O)C5CCC43C)C2C1(C)O. The average Bonchev–Trinajstić information content (AvgIpc) is 2.83. The van der Waals surface area contributed by atoms with Crippen molar-refractivity contribution in [2.24, 2.45) is 50.7 Å². The number of carboxylic acid groups (broad SMARTS) is 2. The molecule has 0 spiro atoms. The van der Waals surface area contributed by atoms with E-state index in [-0.39, 0.29) is 23.7 Å². The molecule has 6 N–H and O–H groups in total. The van der Waals surface area contributed by atoms with Gasteiger partial charge in [-0.3, -0.25) is 9.59 Å². The number of carboxylic acids is 2. The van der Waals surface area contributed by atoms with Crippen LogP contribution < -0.4 is 0 Å². The van der Waals surface area contributed by atoms with E-state index in [2.05, 4.69) is 19.9 Å². The molecular weight excluding hydrogens is 488 g/mol. The van der Waals surface area contributed by atoms with Crippen LogP contribution in [-0.4, -0.2) is 67.0 Å². The third-order valence-corrected chi connectivity index (χ3v) is 13.6. The highest BCUT2D eigenvalue weighted by Crippen LogP contribution is 2.76. The molecule has 4 saturated carbocycles. The molecule has 8 nitrogen and oxygen atoms in total. The van der Waals surface area contributed by atoms with Crippen LogP contribution in [0.1, 0.15) is 86.0 Å². The highest BCUT2D eigenvalue weighted by atomic mass is 16.4. The van der Waals surface area contributed by atoms with Crippen molar-refractivity contribution in [2.45, 2.75) is 104 Å². The van der Waals surface area contributed by atoms with Gasteiger partial charge in [-0.15, -0.1) is 0 Å². The average molecular weight is 535 g/mol. The molecule has 12 atom stereocenters. The van der Waals surface area contributed by atoms with Gasteiger partial charge >= 0.3 is 11.9 Å². The Morgan fingerprint density at radius 2 is 1.61 bits per heavy atom. The molecule has 0 heterocycles. The fourth-order valence-electron chi connectivity index (χ4n) is 11.0. The molecule has 0 aromatic rings. The second kappa shape index (κ2) is 8.27. The molecule has 214 valence electrons. The quantitative estimate of drug-likeness (QED) is 0.302. The lowest BCUT2D eigenvalue weighted by molar-refractivity contribution is -0.253. The van der Waals surface area contributed by atoms with E-state index in [1.165, 1.54) is 0 Å². The zero-order chi connectivity index (χ0) is 28.3. The van der Waals surface area contributed by atoms with E-state index in [0.717, 1.165) is 5.57 Å². The molecule has 5 aliphatic carbocycles. The number of rotatable bonds is 3. The molecule has 0 radical (unpaired) electrons. The van der Waals surface area contributed by atoms with Crippen LogP contribution in [0.25, 0.3) is 0 Å². The topological polar surface area (TPSA) is 156 Å². The van der Waals surface area contributed by atoms with Crippen LogP contribution in [0.15, 0.2) is 11.6 Å². The normalized spacial score (nSPS) is 56.0. The van der Waals surface area contributed by atoms with Gasteiger partial charge in [0.05, 0.1) is 29.8 Å². The van der Waals surface area contributed by atoms with Crippen LogP contribution in [0, 0.1) is 50.7 Å². The van der Waals surface area contributed by atoms with Crippen molar-refractivity contribution >= 4 is 11.9 Å². The molecule has 4 fully saturated rings. The van der Waals surface area contributed by atoms with Gasteiger partial charge in [0.25, 0.3) is 0 Å². The number of aliphatic hydroxyl groups excluding tert-OH is 3. The van der Waals surface area contributed by atoms with Crippen molar-refractivity contribution in [3.8, 4) is 0 Å². The smallest absolute Gasteiger partial charge is 0.315 e. The first kappa shape index (κ1) is 28.1. The van der Waals surface area contributed by atoms with Crippen molar-refractivity contribution in [3.05, 3.63) is 11.6 Å². The van der Waals surface area contributed by atoms with Crippen molar-refractivity contribution in [1.29, 1.82) is 0 Å². The van der Waals surface area contributed by atoms with E-state index < -0.39 is 69.9 Å². The Labute approximate surface area is 225 Å². The van der Waals surface area contributed by atoms with Gasteiger partial charge in [-0.25, -0.2) is 0 Å². The Balaban J connectivity index is 1.66. The molecule has 12 unspecified atom stereocenters. The van der Waals surface area contributed by atoms with E-state index in [4.69, 9.17) is 0 Å². The third-order valence-electron chi connectivity index (χ3n) is 13.6. The van der Waals surface area contributed by atoms with E-state index in [1.807, 2.05) is 13.8 Å². The van der Waals surface area contributed by atoms with Crippen LogP contribution >= 0.6 is 0 Å². The lowest BCUT2D eigenvalue weighted by Crippen LogP contribution is -2.71. The minimum atomic E-state index is -1.84. The Hall–Kier alpha value is -1.48. The molecule has 0 aliphatic heterocycles. The van der Waals surface area contributed by atoms with Crippen LogP contribution in [-0.2, 0) is 9.59 Å². The third kappa shape index (κ3) is 3.01. The summed E-state index contributed by atoms with van der Waals surface area (Å²) in [6.45, 7) is 9.53. The maximum atomic E-state index is 12.9. The Morgan fingerprint density at radius 3 is 2.18 bits per heavy atom. The number of allylic oxidation sites excluding steroid dienone is 1. The molecule has 0 amide bonds. The van der Waals surface area contributed by atoms with Crippen LogP contribution in [0.3, 0.4) is 0 Å². The molecular formula is C30H46O8. The molecule has 5 aliphatic rings. The van der Waals surface area contributed by atoms with Crippen molar-refractivity contribution < 1.29 is 40.2 Å². The first-order valence-electron chi connectivity index (χ1n) is 14.4. The molecule has 38 heavy (non-hydrogen) atoms. The van der Waals surface area contributed by atoms with Gasteiger partial charge in [-0.1, -0.05) is 39.3 Å². The summed E-state index contributed by atoms with van der Waals surface area (Å²) in [6.07, 6.45) is 3.62. The van der Waals surface area contributed by atoms with E-state index in [0.29, 0.717) is 44.9 Å². The van der Waals surface area contributed by atoms with Crippen LogP contribution in [0.5, 0.6) is 0 Å². The predicted molar refractivity (Wildman–Crippen MR) is 139 cm³/mol. The minimum absolute atomic E-state index is 0.0433. The largest absolute Gasteiger partial charge is 0.481 e. The Kier molecular flexibility index (Phi) is 6.11. The first-order chi connectivity index (χ1) is 17.5. The van der Waals surface area contributed by atoms with Gasteiger partial charge in [0.2, 0.25) is 0 Å². The number of aliphatic carboxylic acids is 2. The van der Waals surface area contributed by atoms with E-state index >= 15 is 0 Å². The minimum Gasteiger partial charge on any atom is -0.481 e. The Morgan fingerprint density at radius 1 is 0.947 bits per heavy atom. The molecule has 5 rings (SSSR count). The summed E-state index contributed by atoms with van der Waals surface area (Å²) in [4.78, 5) is 25.5. The first-order valence-corrected chi connectivity index (χ1v) is 14.4. The summed E-state index contributed by atoms with van der Waals surface area (Å²) < 4.78 is 0. The number of carbonyl (C=O) groups is 2. The van der Waals surface area contributed by atoms with Crippen molar-refractivity contribution in [3.63, 3.8) is 0 Å². The van der Waals surface area contributed by atoms with Crippen molar-refractivity contribution in [2.75, 3.05) is 6.61 Å². The van der Waals surface area contributed by atoms with Crippen LogP contribution in [0.4, 0.5) is 0 Å². The molecule has 0 aromatic heterocycles. The van der Waals surface area contributed by atoms with Gasteiger partial charge < -0.3 is 30.6 Å². The summed E-state index contributed by atoms with van der Waals surface area (Å²) in [5.74, 6) is -3.23. The van der Waals surface area contributed by atoms with Gasteiger partial charge in [0.1, 0.15) is 5.41 Å². The van der Waals surface area contributed by atoms with Gasteiger partial charge in [-0.2, -0.15) is 0 Å². The molecule has 0 bridgehead atoms. The number of fused-ring (bicyclic) bond motifs is 7. The van der Waals surface area contributed by atoms with Gasteiger partial charge in [-0.05, 0) is 92.3 Å². The summed E-state index contributed by atoms with van der Waals surface area (Å²) >= 11 is 0. The monoisotopic (exact) mass is 534 g/mol. The molecule has 0 aromatic carbocycles. The standard InChI is InChI=1S/C30H46O8/c1-16-8-11-29(23(34)35)13-12-26(3)17(21(29)28(16,5)38)6-7-19-25(2)14-18(32)22(33)30(15-31,24(36)37)20(25)9-10-27(19,26)4/h6,16,18-22,31-33,38H,7-15H2,1-5H3,(H,34,35)(H,36,37). The maximum Gasteiger partial charge on any atom is 0.315 e. The summed E-state index contributed by atoms with van der Waals surface area (Å²) in [6, 6.07) is 0. The van der Waals surface area contributed by atoms with Crippen LogP contribution in [0.2, 0.25) is 0 Å². The number of aliphatic hydroxyl groups is 4. The summed E-state index contributed by atoms with van der Waals surface area (Å²) in [7, 11) is 0. The fraction of sp³-hybridized carbons (Fsp3) is 0.867. The second-order valence-corrected chi connectivity index (χ2v) is 14.6. The van der Waals surface area contributed by atoms with E-state index in [1.54, 1.807) is 6.92 Å². The lowest BCUT2D eigenvalue weighted by atomic mass is 9.32. The highest BCUT2D eigenvalue weighted by Gasteiger charge is 2.73. The highest BCUT2D eigenvalue weighted by molar-refractivity contribution is 5.78. The maximum absolute atomic E-state index is 12.9.